The molecule has 0 unspecified atom stereocenters. The van der Waals surface area contributed by atoms with Crippen LogP contribution in [-0.4, -0.2) is 29.6 Å². The molecule has 0 atom stereocenters. The molecule has 0 bridgehead atoms. The lowest BCUT2D eigenvalue weighted by Crippen LogP contribution is -2.30. The first-order chi connectivity index (χ1) is 14.4. The summed E-state index contributed by atoms with van der Waals surface area (Å²) in [5, 5.41) is 9.36. The topological polar surface area (TPSA) is 78.9 Å². The van der Waals surface area contributed by atoms with E-state index < -0.39 is 5.82 Å². The van der Waals surface area contributed by atoms with Gasteiger partial charge in [-0.05, 0) is 55.5 Å². The highest BCUT2D eigenvalue weighted by molar-refractivity contribution is 5.92. The van der Waals surface area contributed by atoms with E-state index in [1.807, 2.05) is 33.0 Å². The Morgan fingerprint density at radius 3 is 2.65 bits per heavy atom. The first kappa shape index (κ1) is 22.7. The van der Waals surface area contributed by atoms with Crippen LogP contribution in [0.1, 0.15) is 30.5 Å². The third kappa shape index (κ3) is 5.22. The van der Waals surface area contributed by atoms with Crippen molar-refractivity contribution in [2.75, 3.05) is 24.2 Å². The number of pyridine rings is 2. The first-order valence-electron chi connectivity index (χ1n) is 10.2. The molecule has 0 radical (unpaired) electrons. The van der Waals surface area contributed by atoms with Crippen LogP contribution in [0.3, 0.4) is 0 Å². The van der Waals surface area contributed by atoms with Crippen LogP contribution in [0.25, 0.3) is 22.0 Å². The molecule has 4 rings (SSSR count). The number of nitrogens with one attached hydrogen (secondary N) is 3. The van der Waals surface area contributed by atoms with Crippen LogP contribution >= 0.6 is 12.4 Å². The van der Waals surface area contributed by atoms with Gasteiger partial charge in [0.1, 0.15) is 11.6 Å². The first-order valence-corrected chi connectivity index (χ1v) is 10.2. The van der Waals surface area contributed by atoms with E-state index in [-0.39, 0.29) is 24.1 Å². The Morgan fingerprint density at radius 1 is 1.16 bits per heavy atom. The van der Waals surface area contributed by atoms with E-state index in [2.05, 4.69) is 20.9 Å². The zero-order chi connectivity index (χ0) is 21.3. The molecule has 31 heavy (non-hydrogen) atoms. The van der Waals surface area contributed by atoms with Crippen LogP contribution in [0.2, 0.25) is 0 Å². The van der Waals surface area contributed by atoms with Gasteiger partial charge >= 0.3 is 6.03 Å². The lowest BCUT2D eigenvalue weighted by molar-refractivity contribution is 0.251. The standard InChI is InChI=1S/C23H26FN5O.ClH/c1-13-8-19(24)21(29-23(30)26-7-6-15-4-5-15)10-17(13)18-9-16-12-27-22(25-3)11-20(16)28-14(18)2;/h8-12,15H,4-7H2,1-3H3,(H,25,27)(H2,26,29,30);1H. The van der Waals surface area contributed by atoms with Gasteiger partial charge in [0.15, 0.2) is 0 Å². The molecular weight excluding hydrogens is 417 g/mol. The summed E-state index contributed by atoms with van der Waals surface area (Å²) in [6.45, 7) is 4.38. The van der Waals surface area contributed by atoms with Crippen molar-refractivity contribution in [2.24, 2.45) is 5.92 Å². The minimum Gasteiger partial charge on any atom is -0.373 e. The van der Waals surface area contributed by atoms with Crippen molar-refractivity contribution in [2.45, 2.75) is 33.1 Å². The van der Waals surface area contributed by atoms with Gasteiger partial charge in [-0.2, -0.15) is 0 Å². The zero-order valence-electron chi connectivity index (χ0n) is 17.9. The SMILES string of the molecule is CNc1cc2nc(C)c(-c3cc(NC(=O)NCCC4CC4)c(F)cc3C)cc2cn1.Cl. The Bertz CT molecular complexity index is 1120. The van der Waals surface area contributed by atoms with Gasteiger partial charge in [0.05, 0.1) is 11.2 Å². The molecule has 6 nitrogen and oxygen atoms in total. The predicted octanol–water partition coefficient (Wildman–Crippen LogP) is 5.44. The summed E-state index contributed by atoms with van der Waals surface area (Å²) < 4.78 is 14.5. The van der Waals surface area contributed by atoms with Crippen LogP contribution in [0, 0.1) is 25.6 Å². The second-order valence-electron chi connectivity index (χ2n) is 7.89. The molecule has 0 aliphatic heterocycles. The van der Waals surface area contributed by atoms with Crippen LogP contribution in [0.4, 0.5) is 20.7 Å². The molecular formula is C23H27ClFN5O. The fourth-order valence-electron chi connectivity index (χ4n) is 3.60. The Labute approximate surface area is 187 Å². The third-order valence-electron chi connectivity index (χ3n) is 5.53. The van der Waals surface area contributed by atoms with E-state index in [9.17, 15) is 9.18 Å². The van der Waals surface area contributed by atoms with Crippen LogP contribution in [-0.2, 0) is 0 Å². The number of urea groups is 1. The zero-order valence-corrected chi connectivity index (χ0v) is 18.7. The molecule has 1 aliphatic carbocycles. The van der Waals surface area contributed by atoms with Gasteiger partial charge in [-0.25, -0.2) is 14.2 Å². The van der Waals surface area contributed by atoms with Crippen LogP contribution in [0.5, 0.6) is 0 Å². The van der Waals surface area contributed by atoms with E-state index in [0.29, 0.717) is 6.54 Å². The molecule has 0 spiro atoms. The molecule has 2 heterocycles. The maximum Gasteiger partial charge on any atom is 0.319 e. The Hall–Kier alpha value is -2.93. The predicted molar refractivity (Wildman–Crippen MR) is 126 cm³/mol. The summed E-state index contributed by atoms with van der Waals surface area (Å²) in [7, 11) is 1.81. The maximum absolute atomic E-state index is 14.5. The van der Waals surface area contributed by atoms with Gasteiger partial charge in [0.25, 0.3) is 0 Å². The number of hydrogen-bond donors (Lipinski definition) is 3. The Balaban J connectivity index is 0.00000272. The summed E-state index contributed by atoms with van der Waals surface area (Å²) in [6, 6.07) is 6.63. The lowest BCUT2D eigenvalue weighted by Gasteiger charge is -2.15. The minimum absolute atomic E-state index is 0. The second kappa shape index (κ2) is 9.47. The van der Waals surface area contributed by atoms with Crippen molar-refractivity contribution in [3.8, 4) is 11.1 Å². The van der Waals surface area contributed by atoms with Gasteiger partial charge in [-0.3, -0.25) is 4.98 Å². The van der Waals surface area contributed by atoms with E-state index in [1.54, 1.807) is 12.3 Å². The second-order valence-corrected chi connectivity index (χ2v) is 7.89. The molecule has 1 saturated carbocycles. The van der Waals surface area contributed by atoms with Crippen LogP contribution < -0.4 is 16.0 Å². The number of hydrogen-bond acceptors (Lipinski definition) is 4. The Kier molecular flexibility index (Phi) is 6.95. The quantitative estimate of drug-likeness (QED) is 0.474. The number of carbonyl (C=O) groups excluding carboxylic acids is 1. The Morgan fingerprint density at radius 2 is 1.94 bits per heavy atom. The highest BCUT2D eigenvalue weighted by atomic mass is 35.5. The van der Waals surface area contributed by atoms with Crippen molar-refractivity contribution in [1.82, 2.24) is 15.3 Å². The van der Waals surface area contributed by atoms with Crippen LogP contribution in [0.15, 0.2) is 30.5 Å². The average Bonchev–Trinajstić information content (AvgIpc) is 3.53. The molecule has 2 amide bonds. The van der Waals surface area contributed by atoms with Crippen molar-refractivity contribution in [3.63, 3.8) is 0 Å². The number of fused-ring (bicyclic) bond motifs is 1. The average molecular weight is 444 g/mol. The number of anilines is 2. The van der Waals surface area contributed by atoms with Gasteiger partial charge in [0, 0.05) is 42.5 Å². The van der Waals surface area contributed by atoms with Gasteiger partial charge < -0.3 is 16.0 Å². The van der Waals surface area contributed by atoms with Gasteiger partial charge in [-0.15, -0.1) is 12.4 Å². The largest absolute Gasteiger partial charge is 0.373 e. The highest BCUT2D eigenvalue weighted by Gasteiger charge is 2.21. The number of carbonyl (C=O) groups is 1. The monoisotopic (exact) mass is 443 g/mol. The number of benzene rings is 1. The summed E-state index contributed by atoms with van der Waals surface area (Å²) in [5.41, 5.74) is 4.30. The van der Waals surface area contributed by atoms with Gasteiger partial charge in [0.2, 0.25) is 0 Å². The molecule has 164 valence electrons. The molecule has 8 heteroatoms. The smallest absolute Gasteiger partial charge is 0.319 e. The van der Waals surface area contributed by atoms with E-state index >= 15 is 0 Å². The minimum atomic E-state index is -0.458. The molecule has 1 fully saturated rings. The summed E-state index contributed by atoms with van der Waals surface area (Å²) in [6.07, 6.45) is 5.22. The molecule has 3 N–H and O–H groups in total. The number of aromatic nitrogens is 2. The highest BCUT2D eigenvalue weighted by Crippen LogP contribution is 2.33. The lowest BCUT2D eigenvalue weighted by atomic mass is 9.97. The van der Waals surface area contributed by atoms with Crippen molar-refractivity contribution in [3.05, 3.63) is 47.5 Å². The van der Waals surface area contributed by atoms with Crippen molar-refractivity contribution in [1.29, 1.82) is 0 Å². The molecule has 2 aromatic heterocycles. The van der Waals surface area contributed by atoms with E-state index in [4.69, 9.17) is 4.98 Å². The third-order valence-corrected chi connectivity index (χ3v) is 5.53. The summed E-state index contributed by atoms with van der Waals surface area (Å²) in [4.78, 5) is 21.2. The summed E-state index contributed by atoms with van der Waals surface area (Å²) in [5.74, 6) is 1.02. The molecule has 1 aromatic carbocycles. The number of rotatable bonds is 6. The van der Waals surface area contributed by atoms with E-state index in [0.717, 1.165) is 51.4 Å². The number of halogens is 2. The molecule has 1 aliphatic rings. The molecule has 3 aromatic rings. The number of amides is 2. The van der Waals surface area contributed by atoms with Crippen molar-refractivity contribution < 1.29 is 9.18 Å². The fraction of sp³-hybridized carbons (Fsp3) is 0.348. The summed E-state index contributed by atoms with van der Waals surface area (Å²) >= 11 is 0. The normalized spacial score (nSPS) is 12.9. The molecule has 0 saturated heterocycles. The van der Waals surface area contributed by atoms with E-state index in [1.165, 1.54) is 18.9 Å². The fourth-order valence-corrected chi connectivity index (χ4v) is 3.60. The number of nitrogens with zero attached hydrogens (tertiary/aromatic N) is 2. The van der Waals surface area contributed by atoms with Crippen molar-refractivity contribution >= 4 is 40.8 Å². The van der Waals surface area contributed by atoms with Gasteiger partial charge in [-0.1, -0.05) is 12.8 Å². The number of aryl methyl sites for hydroxylation is 2. The maximum atomic E-state index is 14.5.